The molecule has 0 radical (unpaired) electrons. The first kappa shape index (κ1) is 9.33. The van der Waals surface area contributed by atoms with Crippen molar-refractivity contribution in [2.45, 2.75) is 33.7 Å². The predicted molar refractivity (Wildman–Crippen MR) is 49.8 cm³/mol. The van der Waals surface area contributed by atoms with Crippen LogP contribution in [-0.4, -0.2) is 0 Å². The van der Waals surface area contributed by atoms with Crippen LogP contribution in [0.3, 0.4) is 0 Å². The fourth-order valence-corrected chi connectivity index (χ4v) is 1.05. The summed E-state index contributed by atoms with van der Waals surface area (Å²) in [5, 5.41) is 0. The van der Waals surface area contributed by atoms with Crippen LogP contribution in [-0.2, 0) is 0 Å². The zero-order valence-electron chi connectivity index (χ0n) is 8.22. The molecule has 0 aliphatic carbocycles. The lowest BCUT2D eigenvalue weighted by atomic mass is 9.86. The summed E-state index contributed by atoms with van der Waals surface area (Å²) < 4.78 is 5.45. The van der Waals surface area contributed by atoms with Gasteiger partial charge < -0.3 is 10.2 Å². The third-order valence-electron chi connectivity index (χ3n) is 2.00. The molecule has 0 aliphatic heterocycles. The van der Waals surface area contributed by atoms with Crippen molar-refractivity contribution in [2.24, 2.45) is 11.1 Å². The van der Waals surface area contributed by atoms with Crippen LogP contribution in [0.15, 0.2) is 16.5 Å². The van der Waals surface area contributed by atoms with E-state index < -0.39 is 0 Å². The standard InChI is InChI=1S/C10H17NO/c1-7-5-6-8(12-7)9(11)10(2,3)4/h5-6,9H,11H2,1-4H3/t9-/m0/s1. The normalized spacial score (nSPS) is 14.8. The van der Waals surface area contributed by atoms with Crippen molar-refractivity contribution in [1.82, 2.24) is 0 Å². The van der Waals surface area contributed by atoms with Gasteiger partial charge in [0, 0.05) is 0 Å². The Morgan fingerprint density at radius 2 is 1.92 bits per heavy atom. The summed E-state index contributed by atoms with van der Waals surface area (Å²) in [5.41, 5.74) is 6.05. The van der Waals surface area contributed by atoms with E-state index in [-0.39, 0.29) is 11.5 Å². The van der Waals surface area contributed by atoms with Gasteiger partial charge in [0.15, 0.2) is 0 Å². The van der Waals surface area contributed by atoms with Crippen LogP contribution in [0.2, 0.25) is 0 Å². The van der Waals surface area contributed by atoms with Crippen LogP contribution < -0.4 is 5.73 Å². The summed E-state index contributed by atoms with van der Waals surface area (Å²) >= 11 is 0. The van der Waals surface area contributed by atoms with Crippen LogP contribution in [0.25, 0.3) is 0 Å². The third kappa shape index (κ3) is 1.89. The third-order valence-corrected chi connectivity index (χ3v) is 2.00. The molecule has 0 aromatic carbocycles. The minimum absolute atomic E-state index is 0.0220. The molecule has 1 rings (SSSR count). The van der Waals surface area contributed by atoms with Gasteiger partial charge in [0.1, 0.15) is 11.5 Å². The Hall–Kier alpha value is -0.760. The Balaban J connectivity index is 2.85. The minimum atomic E-state index is -0.0220. The molecule has 12 heavy (non-hydrogen) atoms. The van der Waals surface area contributed by atoms with Gasteiger partial charge in [-0.2, -0.15) is 0 Å². The predicted octanol–water partition coefficient (Wildman–Crippen LogP) is 2.63. The average Bonchev–Trinajstić information content (AvgIpc) is 2.32. The van der Waals surface area contributed by atoms with Crippen LogP contribution in [0.5, 0.6) is 0 Å². The fourth-order valence-electron chi connectivity index (χ4n) is 1.05. The number of aryl methyl sites for hydroxylation is 1. The van der Waals surface area contributed by atoms with Crippen LogP contribution in [0.1, 0.15) is 38.3 Å². The molecule has 0 saturated carbocycles. The summed E-state index contributed by atoms with van der Waals surface area (Å²) in [6, 6.07) is 3.87. The molecule has 0 aliphatic rings. The highest BCUT2D eigenvalue weighted by Crippen LogP contribution is 2.30. The van der Waals surface area contributed by atoms with E-state index in [1.807, 2.05) is 19.1 Å². The number of rotatable bonds is 1. The number of nitrogens with two attached hydrogens (primary N) is 1. The van der Waals surface area contributed by atoms with Gasteiger partial charge in [-0.25, -0.2) is 0 Å². The Bertz CT molecular complexity index is 257. The van der Waals surface area contributed by atoms with Crippen molar-refractivity contribution in [3.63, 3.8) is 0 Å². The maximum absolute atomic E-state index is 5.99. The van der Waals surface area contributed by atoms with Gasteiger partial charge in [-0.1, -0.05) is 20.8 Å². The van der Waals surface area contributed by atoms with E-state index in [0.717, 1.165) is 11.5 Å². The molecule has 0 amide bonds. The average molecular weight is 167 g/mol. The van der Waals surface area contributed by atoms with Gasteiger partial charge in [-0.05, 0) is 24.5 Å². The molecule has 2 N–H and O–H groups in total. The van der Waals surface area contributed by atoms with Crippen molar-refractivity contribution >= 4 is 0 Å². The molecule has 2 nitrogen and oxygen atoms in total. The summed E-state index contributed by atoms with van der Waals surface area (Å²) in [4.78, 5) is 0. The van der Waals surface area contributed by atoms with Crippen molar-refractivity contribution in [3.05, 3.63) is 23.7 Å². The van der Waals surface area contributed by atoms with Gasteiger partial charge in [-0.15, -0.1) is 0 Å². The maximum atomic E-state index is 5.99. The number of hydrogen-bond donors (Lipinski definition) is 1. The van der Waals surface area contributed by atoms with Gasteiger partial charge in [-0.3, -0.25) is 0 Å². The maximum Gasteiger partial charge on any atom is 0.121 e. The topological polar surface area (TPSA) is 39.2 Å². The Labute approximate surface area is 73.8 Å². The molecular weight excluding hydrogens is 150 g/mol. The van der Waals surface area contributed by atoms with Crippen molar-refractivity contribution in [3.8, 4) is 0 Å². The molecule has 1 aromatic heterocycles. The van der Waals surface area contributed by atoms with Crippen LogP contribution in [0, 0.1) is 12.3 Å². The van der Waals surface area contributed by atoms with E-state index in [4.69, 9.17) is 10.2 Å². The second-order valence-corrected chi connectivity index (χ2v) is 4.29. The second-order valence-electron chi connectivity index (χ2n) is 4.29. The molecule has 0 fully saturated rings. The highest BCUT2D eigenvalue weighted by molar-refractivity contribution is 5.11. The van der Waals surface area contributed by atoms with Gasteiger partial charge >= 0.3 is 0 Å². The van der Waals surface area contributed by atoms with E-state index in [1.54, 1.807) is 0 Å². The van der Waals surface area contributed by atoms with Gasteiger partial charge in [0.05, 0.1) is 6.04 Å². The van der Waals surface area contributed by atoms with E-state index in [9.17, 15) is 0 Å². The summed E-state index contributed by atoms with van der Waals surface area (Å²) in [6.45, 7) is 8.25. The Morgan fingerprint density at radius 3 is 2.25 bits per heavy atom. The molecule has 68 valence electrons. The molecule has 1 aromatic rings. The molecular formula is C10H17NO. The quantitative estimate of drug-likeness (QED) is 0.698. The van der Waals surface area contributed by atoms with E-state index in [2.05, 4.69) is 20.8 Å². The SMILES string of the molecule is Cc1ccc([C@H](N)C(C)(C)C)o1. The van der Waals surface area contributed by atoms with Crippen LogP contribution in [0.4, 0.5) is 0 Å². The van der Waals surface area contributed by atoms with Crippen molar-refractivity contribution in [2.75, 3.05) is 0 Å². The largest absolute Gasteiger partial charge is 0.465 e. The minimum Gasteiger partial charge on any atom is -0.465 e. The lowest BCUT2D eigenvalue weighted by Crippen LogP contribution is -2.25. The van der Waals surface area contributed by atoms with E-state index >= 15 is 0 Å². The van der Waals surface area contributed by atoms with Crippen LogP contribution >= 0.6 is 0 Å². The molecule has 0 saturated heterocycles. The van der Waals surface area contributed by atoms with E-state index in [0.29, 0.717) is 0 Å². The summed E-state index contributed by atoms with van der Waals surface area (Å²) in [5.74, 6) is 1.80. The lowest BCUT2D eigenvalue weighted by molar-refractivity contribution is 0.282. The lowest BCUT2D eigenvalue weighted by Gasteiger charge is -2.24. The molecule has 1 atom stereocenters. The van der Waals surface area contributed by atoms with Crippen molar-refractivity contribution < 1.29 is 4.42 Å². The molecule has 0 unspecified atom stereocenters. The molecule has 1 heterocycles. The molecule has 0 bridgehead atoms. The summed E-state index contributed by atoms with van der Waals surface area (Å²) in [7, 11) is 0. The van der Waals surface area contributed by atoms with Gasteiger partial charge in [0.2, 0.25) is 0 Å². The zero-order chi connectivity index (χ0) is 9.35. The number of furan rings is 1. The van der Waals surface area contributed by atoms with Crippen molar-refractivity contribution in [1.29, 1.82) is 0 Å². The zero-order valence-corrected chi connectivity index (χ0v) is 8.22. The highest BCUT2D eigenvalue weighted by Gasteiger charge is 2.24. The fraction of sp³-hybridized carbons (Fsp3) is 0.600. The first-order valence-electron chi connectivity index (χ1n) is 4.23. The first-order valence-corrected chi connectivity index (χ1v) is 4.23. The van der Waals surface area contributed by atoms with Gasteiger partial charge in [0.25, 0.3) is 0 Å². The van der Waals surface area contributed by atoms with E-state index in [1.165, 1.54) is 0 Å². The summed E-state index contributed by atoms with van der Waals surface area (Å²) in [6.07, 6.45) is 0. The number of hydrogen-bond acceptors (Lipinski definition) is 2. The molecule has 2 heteroatoms. The molecule has 0 spiro atoms. The first-order chi connectivity index (χ1) is 5.41. The second kappa shape index (κ2) is 2.94. The Morgan fingerprint density at radius 1 is 1.33 bits per heavy atom. The monoisotopic (exact) mass is 167 g/mol. The Kier molecular flexibility index (Phi) is 2.29. The smallest absolute Gasteiger partial charge is 0.121 e. The highest BCUT2D eigenvalue weighted by atomic mass is 16.3.